The molecule has 0 saturated carbocycles. The Balaban J connectivity index is 1.49. The second-order valence-electron chi connectivity index (χ2n) is 5.90. The first-order chi connectivity index (χ1) is 13.1. The van der Waals surface area contributed by atoms with E-state index in [4.69, 9.17) is 8.83 Å². The van der Waals surface area contributed by atoms with Gasteiger partial charge in [0.1, 0.15) is 5.82 Å². The molecule has 2 aromatic carbocycles. The van der Waals surface area contributed by atoms with Gasteiger partial charge in [-0.25, -0.2) is 4.39 Å². The highest BCUT2D eigenvalue weighted by Crippen LogP contribution is 2.35. The number of aromatic nitrogens is 4. The second kappa shape index (κ2) is 7.32. The average Bonchev–Trinajstić information content (AvgIpc) is 3.33. The molecule has 0 spiro atoms. The molecule has 6 nitrogen and oxygen atoms in total. The van der Waals surface area contributed by atoms with Crippen molar-refractivity contribution < 1.29 is 13.2 Å². The number of benzene rings is 2. The van der Waals surface area contributed by atoms with Crippen LogP contribution < -0.4 is 0 Å². The fourth-order valence-corrected chi connectivity index (χ4v) is 3.20. The van der Waals surface area contributed by atoms with Crippen LogP contribution in [0.2, 0.25) is 0 Å². The van der Waals surface area contributed by atoms with Crippen molar-refractivity contribution in [2.45, 2.75) is 24.3 Å². The Morgan fingerprint density at radius 2 is 1.63 bits per heavy atom. The lowest BCUT2D eigenvalue weighted by Gasteiger charge is -2.02. The number of nitrogens with zero attached hydrogens (tertiary/aromatic N) is 4. The molecular weight excluding hydrogens is 367 g/mol. The number of thioether (sulfide) groups is 1. The zero-order valence-corrected chi connectivity index (χ0v) is 15.4. The fraction of sp³-hybridized carbons (Fsp3) is 0.158. The van der Waals surface area contributed by atoms with Crippen molar-refractivity contribution in [3.8, 4) is 22.9 Å². The van der Waals surface area contributed by atoms with Gasteiger partial charge in [-0.3, -0.25) is 0 Å². The summed E-state index contributed by atoms with van der Waals surface area (Å²) in [5.41, 5.74) is 2.62. The van der Waals surface area contributed by atoms with E-state index in [2.05, 4.69) is 20.4 Å². The number of hydrogen-bond donors (Lipinski definition) is 0. The van der Waals surface area contributed by atoms with Crippen molar-refractivity contribution in [1.29, 1.82) is 0 Å². The monoisotopic (exact) mass is 382 g/mol. The lowest BCUT2D eigenvalue weighted by atomic mass is 10.1. The van der Waals surface area contributed by atoms with E-state index in [0.29, 0.717) is 28.5 Å². The number of rotatable bonds is 5. The molecule has 0 unspecified atom stereocenters. The van der Waals surface area contributed by atoms with E-state index in [0.717, 1.165) is 11.1 Å². The minimum absolute atomic E-state index is 0.183. The highest BCUT2D eigenvalue weighted by Gasteiger charge is 2.20. The predicted octanol–water partition coefficient (Wildman–Crippen LogP) is 5.09. The van der Waals surface area contributed by atoms with Gasteiger partial charge in [-0.05, 0) is 49.7 Å². The van der Waals surface area contributed by atoms with Gasteiger partial charge in [0.05, 0.1) is 5.25 Å². The summed E-state index contributed by atoms with van der Waals surface area (Å²) in [7, 11) is 0. The smallest absolute Gasteiger partial charge is 0.277 e. The number of halogens is 1. The molecule has 0 aliphatic rings. The Morgan fingerprint density at radius 3 is 2.41 bits per heavy atom. The third-order valence-corrected chi connectivity index (χ3v) is 4.86. The van der Waals surface area contributed by atoms with Crippen LogP contribution in [0.5, 0.6) is 0 Å². The Hall–Kier alpha value is -3.00. The van der Waals surface area contributed by atoms with E-state index < -0.39 is 0 Å². The van der Waals surface area contributed by atoms with E-state index in [1.54, 1.807) is 12.1 Å². The molecule has 0 radical (unpaired) electrons. The highest BCUT2D eigenvalue weighted by molar-refractivity contribution is 7.99. The summed E-state index contributed by atoms with van der Waals surface area (Å²) < 4.78 is 24.5. The Morgan fingerprint density at radius 1 is 0.889 bits per heavy atom. The van der Waals surface area contributed by atoms with Crippen molar-refractivity contribution >= 4 is 11.8 Å². The third kappa shape index (κ3) is 3.75. The first-order valence-corrected chi connectivity index (χ1v) is 9.13. The molecular formula is C19H15FN4O2S. The SMILES string of the molecule is Cc1ccccc1-c1nnc(S[C@H](C)c2nnc(-c3ccc(F)cc3)o2)o1. The van der Waals surface area contributed by atoms with Crippen LogP contribution in [0.1, 0.15) is 23.6 Å². The van der Waals surface area contributed by atoms with Crippen LogP contribution in [0.25, 0.3) is 22.9 Å². The van der Waals surface area contributed by atoms with Gasteiger partial charge in [0.2, 0.25) is 17.7 Å². The van der Waals surface area contributed by atoms with Crippen LogP contribution in [0.15, 0.2) is 62.6 Å². The molecule has 0 amide bonds. The Kier molecular flexibility index (Phi) is 4.72. The van der Waals surface area contributed by atoms with Crippen molar-refractivity contribution in [2.24, 2.45) is 0 Å². The van der Waals surface area contributed by atoms with E-state index in [-0.39, 0.29) is 11.1 Å². The van der Waals surface area contributed by atoms with Crippen LogP contribution in [0.4, 0.5) is 4.39 Å². The summed E-state index contributed by atoms with van der Waals surface area (Å²) in [5.74, 6) is 0.919. The van der Waals surface area contributed by atoms with Crippen molar-refractivity contribution in [2.75, 3.05) is 0 Å². The fourth-order valence-electron chi connectivity index (χ4n) is 2.49. The van der Waals surface area contributed by atoms with Gasteiger partial charge in [0.15, 0.2) is 0 Å². The minimum Gasteiger partial charge on any atom is -0.419 e. The Bertz CT molecular complexity index is 1060. The first kappa shape index (κ1) is 17.4. The normalized spacial score (nSPS) is 12.3. The molecule has 2 aromatic heterocycles. The summed E-state index contributed by atoms with van der Waals surface area (Å²) in [6.45, 7) is 3.90. The quantitative estimate of drug-likeness (QED) is 0.445. The van der Waals surface area contributed by atoms with Crippen molar-refractivity contribution in [1.82, 2.24) is 20.4 Å². The molecule has 2 heterocycles. The summed E-state index contributed by atoms with van der Waals surface area (Å²) in [4.78, 5) is 0. The van der Waals surface area contributed by atoms with Gasteiger partial charge in [-0.15, -0.1) is 20.4 Å². The molecule has 0 aliphatic carbocycles. The second-order valence-corrected chi connectivity index (χ2v) is 7.19. The molecule has 0 N–H and O–H groups in total. The van der Waals surface area contributed by atoms with Crippen molar-refractivity contribution in [3.63, 3.8) is 0 Å². The predicted molar refractivity (Wildman–Crippen MR) is 98.4 cm³/mol. The maximum Gasteiger partial charge on any atom is 0.277 e. The van der Waals surface area contributed by atoms with E-state index in [1.807, 2.05) is 38.1 Å². The number of aryl methyl sites for hydroxylation is 1. The van der Waals surface area contributed by atoms with Gasteiger partial charge >= 0.3 is 0 Å². The largest absolute Gasteiger partial charge is 0.419 e. The third-order valence-electron chi connectivity index (χ3n) is 3.94. The first-order valence-electron chi connectivity index (χ1n) is 8.25. The molecule has 4 aromatic rings. The molecule has 8 heteroatoms. The van der Waals surface area contributed by atoms with Gasteiger partial charge in [0, 0.05) is 11.1 Å². The number of hydrogen-bond acceptors (Lipinski definition) is 7. The standard InChI is InChI=1S/C19H15FN4O2S/c1-11-5-3-4-6-15(11)18-23-24-19(26-18)27-12(2)16-21-22-17(25-16)13-7-9-14(20)10-8-13/h3-10,12H,1-2H3/t12-/m1/s1. The summed E-state index contributed by atoms with van der Waals surface area (Å²) >= 11 is 1.33. The van der Waals surface area contributed by atoms with E-state index in [1.165, 1.54) is 23.9 Å². The van der Waals surface area contributed by atoms with Crippen molar-refractivity contribution in [3.05, 3.63) is 65.8 Å². The maximum absolute atomic E-state index is 13.0. The zero-order chi connectivity index (χ0) is 18.8. The molecule has 0 bridgehead atoms. The molecule has 0 fully saturated rings. The topological polar surface area (TPSA) is 77.8 Å². The van der Waals surface area contributed by atoms with Crippen LogP contribution in [-0.2, 0) is 0 Å². The van der Waals surface area contributed by atoms with E-state index in [9.17, 15) is 4.39 Å². The molecule has 27 heavy (non-hydrogen) atoms. The molecule has 0 saturated heterocycles. The minimum atomic E-state index is -0.316. The molecule has 0 aliphatic heterocycles. The van der Waals surface area contributed by atoms with Crippen LogP contribution in [0, 0.1) is 12.7 Å². The average molecular weight is 382 g/mol. The van der Waals surface area contributed by atoms with Gasteiger partial charge in [-0.1, -0.05) is 30.0 Å². The highest BCUT2D eigenvalue weighted by atomic mass is 32.2. The molecule has 1 atom stereocenters. The van der Waals surface area contributed by atoms with Gasteiger partial charge in [-0.2, -0.15) is 0 Å². The summed E-state index contributed by atoms with van der Waals surface area (Å²) in [6.07, 6.45) is 0. The lowest BCUT2D eigenvalue weighted by molar-refractivity contribution is 0.461. The van der Waals surface area contributed by atoms with Crippen LogP contribution in [-0.4, -0.2) is 20.4 Å². The lowest BCUT2D eigenvalue weighted by Crippen LogP contribution is -1.88. The maximum atomic E-state index is 13.0. The van der Waals surface area contributed by atoms with Crippen LogP contribution in [0.3, 0.4) is 0 Å². The van der Waals surface area contributed by atoms with Gasteiger partial charge < -0.3 is 8.83 Å². The Labute approximate surface area is 158 Å². The van der Waals surface area contributed by atoms with Crippen LogP contribution >= 0.6 is 11.8 Å². The van der Waals surface area contributed by atoms with E-state index >= 15 is 0 Å². The summed E-state index contributed by atoms with van der Waals surface area (Å²) in [5, 5.41) is 16.5. The molecule has 136 valence electrons. The zero-order valence-electron chi connectivity index (χ0n) is 14.6. The summed E-state index contributed by atoms with van der Waals surface area (Å²) in [6, 6.07) is 13.7. The molecule has 4 rings (SSSR count). The van der Waals surface area contributed by atoms with Gasteiger partial charge in [0.25, 0.3) is 5.22 Å².